The number of carbonyl (C=O) groups excluding carboxylic acids is 2. The summed E-state index contributed by atoms with van der Waals surface area (Å²) in [5.41, 5.74) is 1.46. The van der Waals surface area contributed by atoms with Crippen LogP contribution in [-0.2, 0) is 9.47 Å². The highest BCUT2D eigenvalue weighted by molar-refractivity contribution is 5.93. The van der Waals surface area contributed by atoms with Crippen LogP contribution in [0.15, 0.2) is 24.3 Å². The number of hydrogen-bond donors (Lipinski definition) is 0. The molecule has 66 heavy (non-hydrogen) atoms. The van der Waals surface area contributed by atoms with Crippen LogP contribution >= 0.6 is 0 Å². The molecule has 0 heterocycles. The minimum atomic E-state index is -0.300. The van der Waals surface area contributed by atoms with Gasteiger partial charge in [0.25, 0.3) is 0 Å². The van der Waals surface area contributed by atoms with Gasteiger partial charge in [-0.25, -0.2) is 9.59 Å². The Hall–Kier alpha value is -2.72. The molecule has 6 saturated carbocycles. The fraction of sp³-hybridized carbons (Fsp3) is 0.806. The van der Waals surface area contributed by atoms with Crippen molar-refractivity contribution in [3.63, 3.8) is 0 Å². The van der Waals surface area contributed by atoms with Crippen molar-refractivity contribution in [3.8, 4) is 24.7 Å². The normalized spacial score (nSPS) is 39.1. The van der Waals surface area contributed by atoms with Crippen molar-refractivity contribution >= 4 is 11.9 Å². The van der Waals surface area contributed by atoms with Gasteiger partial charge in [-0.15, -0.1) is 24.7 Å². The summed E-state index contributed by atoms with van der Waals surface area (Å²) >= 11 is 0. The second kappa shape index (κ2) is 21.1. The molecule has 4 nitrogen and oxygen atoms in total. The zero-order valence-electron chi connectivity index (χ0n) is 43.7. The van der Waals surface area contributed by atoms with E-state index in [1.54, 1.807) is 24.3 Å². The van der Waals surface area contributed by atoms with Crippen LogP contribution in [0.5, 0.6) is 0 Å². The Morgan fingerprint density at radius 1 is 0.545 bits per heavy atom. The van der Waals surface area contributed by atoms with E-state index in [2.05, 4.69) is 81.1 Å². The molecular weight excluding hydrogens is 809 g/mol. The molecular formula is C62H94O4. The molecule has 0 spiro atoms. The Morgan fingerprint density at radius 3 is 1.27 bits per heavy atom. The van der Waals surface area contributed by atoms with E-state index >= 15 is 0 Å². The first-order valence-corrected chi connectivity index (χ1v) is 27.8. The van der Waals surface area contributed by atoms with Gasteiger partial charge in [-0.05, 0) is 196 Å². The number of terminal acetylenes is 2. The average Bonchev–Trinajstić information content (AvgIpc) is 3.83. The lowest BCUT2D eigenvalue weighted by atomic mass is 9.47. The van der Waals surface area contributed by atoms with Crippen LogP contribution in [0.25, 0.3) is 0 Å². The molecule has 366 valence electrons. The number of carbonyl (C=O) groups is 2. The third-order valence-electron chi connectivity index (χ3n) is 21.4. The molecule has 1 aromatic rings. The number of fused-ring (bicyclic) bond motifs is 6. The predicted molar refractivity (Wildman–Crippen MR) is 272 cm³/mol. The lowest BCUT2D eigenvalue weighted by Crippen LogP contribution is -2.55. The van der Waals surface area contributed by atoms with E-state index < -0.39 is 0 Å². The lowest BCUT2D eigenvalue weighted by Gasteiger charge is -2.59. The van der Waals surface area contributed by atoms with Crippen molar-refractivity contribution in [3.05, 3.63) is 35.4 Å². The maximum atomic E-state index is 14.1. The third kappa shape index (κ3) is 9.99. The number of rotatable bonds is 18. The van der Waals surface area contributed by atoms with Crippen LogP contribution in [-0.4, -0.2) is 24.1 Å². The number of benzene rings is 1. The Balaban J connectivity index is 0.984. The van der Waals surface area contributed by atoms with Gasteiger partial charge in [-0.3, -0.25) is 0 Å². The van der Waals surface area contributed by atoms with Gasteiger partial charge >= 0.3 is 11.9 Å². The largest absolute Gasteiger partial charge is 0.458 e. The smallest absolute Gasteiger partial charge is 0.338 e. The van der Waals surface area contributed by atoms with Crippen LogP contribution < -0.4 is 0 Å². The van der Waals surface area contributed by atoms with Gasteiger partial charge < -0.3 is 9.47 Å². The molecule has 0 radical (unpaired) electrons. The molecule has 0 N–H and O–H groups in total. The van der Waals surface area contributed by atoms with Crippen LogP contribution in [0.3, 0.4) is 0 Å². The summed E-state index contributed by atoms with van der Waals surface area (Å²) < 4.78 is 13.2. The fourth-order valence-corrected chi connectivity index (χ4v) is 17.8. The highest BCUT2D eigenvalue weighted by atomic mass is 16.5. The fourth-order valence-electron chi connectivity index (χ4n) is 17.8. The van der Waals surface area contributed by atoms with Crippen molar-refractivity contribution in [1.29, 1.82) is 0 Å². The molecule has 0 aromatic heterocycles. The molecule has 0 unspecified atom stereocenters. The first-order chi connectivity index (χ1) is 31.4. The van der Waals surface area contributed by atoms with Gasteiger partial charge in [-0.2, -0.15) is 0 Å². The number of ether oxygens (including phenoxy) is 2. The van der Waals surface area contributed by atoms with Gasteiger partial charge in [-0.1, -0.05) is 108 Å². The standard InChI is InChI=1S/C62H94O4/c1-13-15-37-61(11)53-35-39-59(9)49(43(7)21-17-19-41(3)4)29-31-51(59)47(53)27-33-55(61)65-57(63)45-23-25-46(26-24-45)58(64)66-56-34-28-48-52-32-30-50(44(8)22-18-20-42(5)6)60(52,10)40-36-54(48)62(56,12)38-16-14-2/h1-2,23-26,41-44,47-56H,15-22,27-40H2,3-12H3/t43-,44-,47+,48+,49-,50-,51+,52+,53+,54+,55+,56+,59-,60-,61-,62-/m1/s1. The zero-order valence-corrected chi connectivity index (χ0v) is 43.7. The van der Waals surface area contributed by atoms with Gasteiger partial charge in [0.05, 0.1) is 11.1 Å². The molecule has 0 aliphatic heterocycles. The predicted octanol–water partition coefficient (Wildman–Crippen LogP) is 16.2. The average molecular weight is 903 g/mol. The van der Waals surface area contributed by atoms with Gasteiger partial charge in [0.15, 0.2) is 0 Å². The number of esters is 2. The molecule has 0 saturated heterocycles. The summed E-state index contributed by atoms with van der Waals surface area (Å²) in [5.74, 6) is 13.8. The minimum absolute atomic E-state index is 0.163. The van der Waals surface area contributed by atoms with Crippen LogP contribution in [0.2, 0.25) is 0 Å². The quantitative estimate of drug-likeness (QED) is 0.109. The van der Waals surface area contributed by atoms with E-state index in [4.69, 9.17) is 22.3 Å². The molecule has 6 fully saturated rings. The van der Waals surface area contributed by atoms with E-state index in [0.29, 0.717) is 58.5 Å². The van der Waals surface area contributed by atoms with Crippen molar-refractivity contribution in [1.82, 2.24) is 0 Å². The van der Waals surface area contributed by atoms with Crippen LogP contribution in [0.1, 0.15) is 231 Å². The summed E-state index contributed by atoms with van der Waals surface area (Å²) in [6.07, 6.45) is 37.1. The minimum Gasteiger partial charge on any atom is -0.458 e. The molecule has 7 rings (SSSR count). The van der Waals surface area contributed by atoms with Gasteiger partial charge in [0.1, 0.15) is 12.2 Å². The summed E-state index contributed by atoms with van der Waals surface area (Å²) in [7, 11) is 0. The zero-order chi connectivity index (χ0) is 47.6. The first kappa shape index (κ1) is 51.1. The monoisotopic (exact) mass is 903 g/mol. The van der Waals surface area contributed by atoms with Crippen molar-refractivity contribution in [2.24, 2.45) is 92.7 Å². The second-order valence-electron chi connectivity index (χ2n) is 25.8. The molecule has 6 aliphatic rings. The Bertz CT molecular complexity index is 1750. The Kier molecular flexibility index (Phi) is 16.3. The summed E-state index contributed by atoms with van der Waals surface area (Å²) in [6.45, 7) is 24.6. The maximum Gasteiger partial charge on any atom is 0.338 e. The molecule has 1 aromatic carbocycles. The summed E-state index contributed by atoms with van der Waals surface area (Å²) in [4.78, 5) is 28.1. The SMILES string of the molecule is C#CCC[C@@]1(C)[C@@H](OC(=O)c2ccc(C(=O)O[C@H]3CC[C@@H]4[C@H](CC[C@]5(C)[C@@H]([C@H](C)CCCC(C)C)CC[C@@H]45)[C@@]3(C)CCC#C)cc2)CC[C@@H]2[C@@H]1CC[C@]1(C)[C@@H]([C@H](C)CCCC(C)C)CC[C@@H]21. The molecule has 0 amide bonds. The van der Waals surface area contributed by atoms with E-state index in [0.717, 1.165) is 85.9 Å². The Morgan fingerprint density at radius 2 is 0.924 bits per heavy atom. The lowest BCUT2D eigenvalue weighted by molar-refractivity contribution is -0.135. The summed E-state index contributed by atoms with van der Waals surface area (Å²) in [6, 6.07) is 7.08. The van der Waals surface area contributed by atoms with Crippen LogP contribution in [0.4, 0.5) is 0 Å². The highest BCUT2D eigenvalue weighted by Gasteiger charge is 2.62. The van der Waals surface area contributed by atoms with Crippen molar-refractivity contribution in [2.45, 2.75) is 223 Å². The van der Waals surface area contributed by atoms with E-state index in [-0.39, 0.29) is 35.0 Å². The summed E-state index contributed by atoms with van der Waals surface area (Å²) in [5, 5.41) is 0. The van der Waals surface area contributed by atoms with E-state index in [1.165, 1.54) is 89.9 Å². The highest BCUT2D eigenvalue weighted by Crippen LogP contribution is 2.68. The Labute approximate surface area is 404 Å². The second-order valence-corrected chi connectivity index (χ2v) is 25.8. The van der Waals surface area contributed by atoms with E-state index in [9.17, 15) is 9.59 Å². The maximum absolute atomic E-state index is 14.1. The van der Waals surface area contributed by atoms with Crippen LogP contribution in [0, 0.1) is 117 Å². The third-order valence-corrected chi connectivity index (χ3v) is 21.4. The molecule has 0 bridgehead atoms. The topological polar surface area (TPSA) is 52.6 Å². The van der Waals surface area contributed by atoms with Gasteiger partial charge in [0.2, 0.25) is 0 Å². The molecule has 4 heteroatoms. The van der Waals surface area contributed by atoms with Crippen molar-refractivity contribution in [2.75, 3.05) is 0 Å². The molecule has 6 aliphatic carbocycles. The number of hydrogen-bond acceptors (Lipinski definition) is 4. The first-order valence-electron chi connectivity index (χ1n) is 27.8. The molecule has 16 atom stereocenters. The van der Waals surface area contributed by atoms with Crippen molar-refractivity contribution < 1.29 is 19.1 Å². The van der Waals surface area contributed by atoms with Gasteiger partial charge in [0, 0.05) is 23.7 Å². The van der Waals surface area contributed by atoms with E-state index in [1.807, 2.05) is 0 Å².